The van der Waals surface area contributed by atoms with Gasteiger partial charge in [-0.15, -0.1) is 0 Å². The summed E-state index contributed by atoms with van der Waals surface area (Å²) in [6.45, 7) is 2.82. The third-order valence-electron chi connectivity index (χ3n) is 3.56. The maximum absolute atomic E-state index is 9.60. The molecular weight excluding hydrogens is 288 g/mol. The molecule has 1 aliphatic heterocycles. The second kappa shape index (κ2) is 5.96. The third kappa shape index (κ3) is 3.14. The number of hydrogen-bond acceptors (Lipinski definition) is 3. The Balaban J connectivity index is 1.78. The molecule has 2 aromatic rings. The van der Waals surface area contributed by atoms with Crippen LogP contribution in [-0.4, -0.2) is 11.7 Å². The molecule has 0 unspecified atom stereocenters. The zero-order valence-corrected chi connectivity index (χ0v) is 12.6. The van der Waals surface area contributed by atoms with Gasteiger partial charge in [0.05, 0.1) is 12.7 Å². The number of halogens is 1. The van der Waals surface area contributed by atoms with Crippen LogP contribution in [0.5, 0.6) is 11.5 Å². The molecule has 110 valence electrons. The Morgan fingerprint density at radius 3 is 3.00 bits per heavy atom. The van der Waals surface area contributed by atoms with E-state index in [0.29, 0.717) is 18.2 Å². The van der Waals surface area contributed by atoms with Crippen molar-refractivity contribution in [2.45, 2.75) is 26.1 Å². The van der Waals surface area contributed by atoms with Crippen LogP contribution in [0.25, 0.3) is 0 Å². The highest BCUT2D eigenvalue weighted by Crippen LogP contribution is 2.33. The second-order valence-electron chi connectivity index (χ2n) is 5.19. The Bertz CT molecular complexity index is 652. The molecule has 0 saturated carbocycles. The van der Waals surface area contributed by atoms with Gasteiger partial charge in [-0.2, -0.15) is 0 Å². The number of aliphatic hydroxyl groups is 1. The number of benzene rings is 2. The van der Waals surface area contributed by atoms with Crippen molar-refractivity contribution in [1.82, 2.24) is 0 Å². The van der Waals surface area contributed by atoms with E-state index in [1.807, 2.05) is 36.4 Å². The average Bonchev–Trinajstić information content (AvgIpc) is 2.93. The van der Waals surface area contributed by atoms with Crippen molar-refractivity contribution >= 4 is 11.6 Å². The molecule has 1 heterocycles. The van der Waals surface area contributed by atoms with Gasteiger partial charge in [-0.3, -0.25) is 0 Å². The SMILES string of the molecule is C[C@H](O)c1cccc(OCc2cc(Cl)cc3c2OCC3)c1. The molecule has 4 heteroatoms. The first-order valence-corrected chi connectivity index (χ1v) is 7.36. The van der Waals surface area contributed by atoms with Crippen molar-refractivity contribution in [1.29, 1.82) is 0 Å². The van der Waals surface area contributed by atoms with Crippen LogP contribution in [-0.2, 0) is 13.0 Å². The molecule has 0 amide bonds. The Morgan fingerprint density at radius 1 is 1.33 bits per heavy atom. The molecule has 0 aliphatic carbocycles. The van der Waals surface area contributed by atoms with Crippen LogP contribution in [0.1, 0.15) is 29.7 Å². The maximum Gasteiger partial charge on any atom is 0.129 e. The minimum Gasteiger partial charge on any atom is -0.493 e. The molecule has 3 rings (SSSR count). The first kappa shape index (κ1) is 14.2. The molecule has 1 N–H and O–H groups in total. The van der Waals surface area contributed by atoms with E-state index in [2.05, 4.69) is 0 Å². The van der Waals surface area contributed by atoms with E-state index >= 15 is 0 Å². The molecule has 0 radical (unpaired) electrons. The lowest BCUT2D eigenvalue weighted by Crippen LogP contribution is -2.00. The standard InChI is InChI=1S/C17H17ClO3/c1-11(19)12-3-2-4-16(9-12)21-10-14-8-15(18)7-13-5-6-20-17(13)14/h2-4,7-9,11,19H,5-6,10H2,1H3/t11-/m0/s1. The minimum atomic E-state index is -0.507. The van der Waals surface area contributed by atoms with Crippen LogP contribution in [0.15, 0.2) is 36.4 Å². The summed E-state index contributed by atoms with van der Waals surface area (Å²) in [6, 6.07) is 11.3. The summed E-state index contributed by atoms with van der Waals surface area (Å²) >= 11 is 6.13. The average molecular weight is 305 g/mol. The fraction of sp³-hybridized carbons (Fsp3) is 0.294. The molecule has 0 aromatic heterocycles. The number of hydrogen-bond donors (Lipinski definition) is 1. The van der Waals surface area contributed by atoms with Gasteiger partial charge in [-0.25, -0.2) is 0 Å². The lowest BCUT2D eigenvalue weighted by molar-refractivity contribution is 0.198. The topological polar surface area (TPSA) is 38.7 Å². The van der Waals surface area contributed by atoms with Crippen LogP contribution in [0.2, 0.25) is 5.02 Å². The molecule has 0 saturated heterocycles. The van der Waals surface area contributed by atoms with Gasteiger partial charge < -0.3 is 14.6 Å². The predicted octanol–water partition coefficient (Wildman–Crippen LogP) is 3.91. The van der Waals surface area contributed by atoms with E-state index in [0.717, 1.165) is 34.6 Å². The highest BCUT2D eigenvalue weighted by atomic mass is 35.5. The van der Waals surface area contributed by atoms with E-state index in [1.165, 1.54) is 0 Å². The van der Waals surface area contributed by atoms with Gasteiger partial charge in [0.15, 0.2) is 0 Å². The van der Waals surface area contributed by atoms with E-state index in [4.69, 9.17) is 21.1 Å². The van der Waals surface area contributed by atoms with Crippen molar-refractivity contribution in [3.05, 3.63) is 58.1 Å². The van der Waals surface area contributed by atoms with E-state index in [9.17, 15) is 5.11 Å². The second-order valence-corrected chi connectivity index (χ2v) is 5.63. The van der Waals surface area contributed by atoms with E-state index < -0.39 is 6.10 Å². The van der Waals surface area contributed by atoms with Crippen LogP contribution < -0.4 is 9.47 Å². The summed E-state index contributed by atoms with van der Waals surface area (Å²) in [5, 5.41) is 10.3. The van der Waals surface area contributed by atoms with Gasteiger partial charge in [0.2, 0.25) is 0 Å². The highest BCUT2D eigenvalue weighted by molar-refractivity contribution is 6.30. The molecular formula is C17H17ClO3. The van der Waals surface area contributed by atoms with Gasteiger partial charge in [-0.05, 0) is 42.3 Å². The molecule has 0 spiro atoms. The largest absolute Gasteiger partial charge is 0.493 e. The fourth-order valence-electron chi connectivity index (χ4n) is 2.48. The minimum absolute atomic E-state index is 0.395. The van der Waals surface area contributed by atoms with Crippen molar-refractivity contribution < 1.29 is 14.6 Å². The Kier molecular flexibility index (Phi) is 4.04. The van der Waals surface area contributed by atoms with Gasteiger partial charge >= 0.3 is 0 Å². The highest BCUT2D eigenvalue weighted by Gasteiger charge is 2.18. The van der Waals surface area contributed by atoms with Crippen LogP contribution in [0, 0.1) is 0 Å². The third-order valence-corrected chi connectivity index (χ3v) is 3.78. The smallest absolute Gasteiger partial charge is 0.129 e. The molecule has 2 aromatic carbocycles. The number of aliphatic hydroxyl groups excluding tert-OH is 1. The van der Waals surface area contributed by atoms with Crippen molar-refractivity contribution in [3.8, 4) is 11.5 Å². The van der Waals surface area contributed by atoms with Gasteiger partial charge in [-0.1, -0.05) is 23.7 Å². The summed E-state index contributed by atoms with van der Waals surface area (Å²) in [5.74, 6) is 1.62. The molecule has 3 nitrogen and oxygen atoms in total. The first-order valence-electron chi connectivity index (χ1n) is 6.98. The van der Waals surface area contributed by atoms with Gasteiger partial charge in [0.1, 0.15) is 18.1 Å². The summed E-state index contributed by atoms with van der Waals surface area (Å²) in [5.41, 5.74) is 2.93. The number of fused-ring (bicyclic) bond motifs is 1. The van der Waals surface area contributed by atoms with Crippen molar-refractivity contribution in [2.75, 3.05) is 6.61 Å². The lowest BCUT2D eigenvalue weighted by atomic mass is 10.1. The van der Waals surface area contributed by atoms with Crippen molar-refractivity contribution in [2.24, 2.45) is 0 Å². The first-order chi connectivity index (χ1) is 10.1. The van der Waals surface area contributed by atoms with Crippen LogP contribution in [0.3, 0.4) is 0 Å². The van der Waals surface area contributed by atoms with Crippen molar-refractivity contribution in [3.63, 3.8) is 0 Å². The van der Waals surface area contributed by atoms with Crippen LogP contribution in [0.4, 0.5) is 0 Å². The molecule has 1 atom stereocenters. The molecule has 1 aliphatic rings. The fourth-order valence-corrected chi connectivity index (χ4v) is 2.74. The van der Waals surface area contributed by atoms with Crippen LogP contribution >= 0.6 is 11.6 Å². The summed E-state index contributed by atoms with van der Waals surface area (Å²) < 4.78 is 11.5. The Morgan fingerprint density at radius 2 is 2.19 bits per heavy atom. The monoisotopic (exact) mass is 304 g/mol. The molecule has 0 fully saturated rings. The Labute approximate surface area is 129 Å². The normalized spacial score (nSPS) is 14.4. The predicted molar refractivity (Wildman–Crippen MR) is 82.1 cm³/mol. The number of rotatable bonds is 4. The van der Waals surface area contributed by atoms with E-state index in [-0.39, 0.29) is 0 Å². The molecule has 0 bridgehead atoms. The van der Waals surface area contributed by atoms with E-state index in [1.54, 1.807) is 6.92 Å². The summed E-state index contributed by atoms with van der Waals surface area (Å²) in [7, 11) is 0. The zero-order chi connectivity index (χ0) is 14.8. The van der Waals surface area contributed by atoms with Gasteiger partial charge in [0.25, 0.3) is 0 Å². The Hall–Kier alpha value is -1.71. The maximum atomic E-state index is 9.60. The summed E-state index contributed by atoms with van der Waals surface area (Å²) in [4.78, 5) is 0. The number of ether oxygens (including phenoxy) is 2. The van der Waals surface area contributed by atoms with Gasteiger partial charge in [0, 0.05) is 17.0 Å². The quantitative estimate of drug-likeness (QED) is 0.931. The zero-order valence-electron chi connectivity index (χ0n) is 11.8. The summed E-state index contributed by atoms with van der Waals surface area (Å²) in [6.07, 6.45) is 0.382. The molecule has 21 heavy (non-hydrogen) atoms. The lowest BCUT2D eigenvalue weighted by Gasteiger charge is -2.12.